The van der Waals surface area contributed by atoms with Gasteiger partial charge in [0.1, 0.15) is 12.3 Å². The van der Waals surface area contributed by atoms with Crippen LogP contribution in [-0.2, 0) is 19.1 Å². The van der Waals surface area contributed by atoms with Crippen molar-refractivity contribution in [3.8, 4) is 5.75 Å². The van der Waals surface area contributed by atoms with Gasteiger partial charge >= 0.3 is 5.97 Å². The molecule has 1 heterocycles. The number of carbonyl (C=O) groups excluding carboxylic acids is 4. The lowest BCUT2D eigenvalue weighted by molar-refractivity contribution is -0.143. The molecule has 0 radical (unpaired) electrons. The van der Waals surface area contributed by atoms with Gasteiger partial charge in [-0.05, 0) is 82.5 Å². The van der Waals surface area contributed by atoms with E-state index in [1.807, 2.05) is 26.0 Å². The number of hydrogen-bond donors (Lipinski definition) is 1. The number of anilines is 1. The molecule has 0 aliphatic carbocycles. The number of rotatable bonds is 7. The molecule has 2 aromatic rings. The van der Waals surface area contributed by atoms with E-state index in [1.165, 1.54) is 7.11 Å². The first-order chi connectivity index (χ1) is 15.7. The van der Waals surface area contributed by atoms with Crippen molar-refractivity contribution in [1.82, 2.24) is 4.90 Å². The first-order valence-corrected chi connectivity index (χ1v) is 11.4. The number of nitrogens with one attached hydrogen (secondary N) is 1. The van der Waals surface area contributed by atoms with Crippen LogP contribution in [0, 0.1) is 13.8 Å². The summed E-state index contributed by atoms with van der Waals surface area (Å²) in [5.74, 6) is -1.08. The fraction of sp³-hybridized carbons (Fsp3) is 0.217. The molecule has 0 spiro atoms. The maximum absolute atomic E-state index is 12.7. The largest absolute Gasteiger partial charge is 0.481 e. The van der Waals surface area contributed by atoms with Crippen LogP contribution in [0.3, 0.4) is 0 Å². The molecule has 172 valence electrons. The number of benzene rings is 2. The number of halogens is 1. The number of nitrogens with zero attached hydrogens (tertiary/aromatic N) is 1. The van der Waals surface area contributed by atoms with Gasteiger partial charge in [-0.1, -0.05) is 18.2 Å². The van der Waals surface area contributed by atoms with Gasteiger partial charge in [0.2, 0.25) is 5.91 Å². The molecule has 0 bridgehead atoms. The van der Waals surface area contributed by atoms with Gasteiger partial charge < -0.3 is 14.8 Å². The molecule has 1 fully saturated rings. The molecule has 1 aliphatic rings. The van der Waals surface area contributed by atoms with Crippen LogP contribution in [0.2, 0.25) is 0 Å². The Balaban J connectivity index is 1.68. The Morgan fingerprint density at radius 2 is 1.94 bits per heavy atom. The van der Waals surface area contributed by atoms with Gasteiger partial charge in [-0.15, -0.1) is 0 Å². The van der Waals surface area contributed by atoms with E-state index in [0.717, 1.165) is 27.8 Å². The number of amides is 3. The van der Waals surface area contributed by atoms with E-state index in [-0.39, 0.29) is 18.1 Å². The van der Waals surface area contributed by atoms with Gasteiger partial charge in [0.25, 0.3) is 11.1 Å². The molecule has 0 aromatic heterocycles. The number of carbonyl (C=O) groups is 4. The third-order valence-corrected chi connectivity index (χ3v) is 6.41. The SMILES string of the molecule is COC(=O)COc1ccc(/C=C2/SC(=O)N(CC(=O)Nc3cccc(C)c3C)C2=O)cc1Br. The zero-order valence-electron chi connectivity index (χ0n) is 18.1. The van der Waals surface area contributed by atoms with Crippen LogP contribution < -0.4 is 10.1 Å². The maximum Gasteiger partial charge on any atom is 0.343 e. The fourth-order valence-corrected chi connectivity index (χ4v) is 4.28. The highest BCUT2D eigenvalue weighted by Crippen LogP contribution is 2.34. The highest BCUT2D eigenvalue weighted by molar-refractivity contribution is 9.10. The van der Waals surface area contributed by atoms with Crippen LogP contribution in [0.15, 0.2) is 45.8 Å². The van der Waals surface area contributed by atoms with E-state index in [4.69, 9.17) is 4.74 Å². The summed E-state index contributed by atoms with van der Waals surface area (Å²) in [6.07, 6.45) is 1.56. The normalized spacial score (nSPS) is 14.5. The van der Waals surface area contributed by atoms with Crippen LogP contribution in [0.25, 0.3) is 6.08 Å². The molecule has 2 aromatic carbocycles. The first-order valence-electron chi connectivity index (χ1n) is 9.80. The summed E-state index contributed by atoms with van der Waals surface area (Å²) in [5, 5.41) is 2.24. The highest BCUT2D eigenvalue weighted by atomic mass is 79.9. The average molecular weight is 533 g/mol. The van der Waals surface area contributed by atoms with Gasteiger partial charge in [0.15, 0.2) is 6.61 Å². The number of methoxy groups -OCH3 is 1. The quantitative estimate of drug-likeness (QED) is 0.419. The average Bonchev–Trinajstić information content (AvgIpc) is 3.03. The topological polar surface area (TPSA) is 102 Å². The second-order valence-electron chi connectivity index (χ2n) is 7.12. The summed E-state index contributed by atoms with van der Waals surface area (Å²) in [5.41, 5.74) is 3.22. The number of thioether (sulfide) groups is 1. The highest BCUT2D eigenvalue weighted by Gasteiger charge is 2.36. The lowest BCUT2D eigenvalue weighted by atomic mass is 10.1. The fourth-order valence-electron chi connectivity index (χ4n) is 2.93. The van der Waals surface area contributed by atoms with Crippen molar-refractivity contribution in [3.63, 3.8) is 0 Å². The molecule has 10 heteroatoms. The van der Waals surface area contributed by atoms with Gasteiger partial charge in [0, 0.05) is 5.69 Å². The van der Waals surface area contributed by atoms with E-state index in [2.05, 4.69) is 26.0 Å². The molecule has 1 saturated heterocycles. The van der Waals surface area contributed by atoms with Crippen LogP contribution in [0.1, 0.15) is 16.7 Å². The van der Waals surface area contributed by atoms with Gasteiger partial charge in [0.05, 0.1) is 16.5 Å². The summed E-state index contributed by atoms with van der Waals surface area (Å²) in [6.45, 7) is 3.21. The lowest BCUT2D eigenvalue weighted by Crippen LogP contribution is -2.36. The summed E-state index contributed by atoms with van der Waals surface area (Å²) < 4.78 is 10.5. The Kier molecular flexibility index (Phi) is 7.93. The number of ether oxygens (including phenoxy) is 2. The molecular weight excluding hydrogens is 512 g/mol. The Labute approximate surface area is 203 Å². The van der Waals surface area contributed by atoms with Crippen molar-refractivity contribution in [1.29, 1.82) is 0 Å². The van der Waals surface area contributed by atoms with Crippen molar-refractivity contribution in [2.45, 2.75) is 13.8 Å². The Morgan fingerprint density at radius 3 is 2.64 bits per heavy atom. The van der Waals surface area contributed by atoms with E-state index in [0.29, 0.717) is 21.5 Å². The van der Waals surface area contributed by atoms with Gasteiger partial charge in [-0.3, -0.25) is 19.3 Å². The third-order valence-electron chi connectivity index (χ3n) is 4.88. The summed E-state index contributed by atoms with van der Waals surface area (Å²) in [4.78, 5) is 49.9. The smallest absolute Gasteiger partial charge is 0.343 e. The van der Waals surface area contributed by atoms with Crippen molar-refractivity contribution in [2.75, 3.05) is 25.6 Å². The molecule has 8 nitrogen and oxygen atoms in total. The second kappa shape index (κ2) is 10.7. The summed E-state index contributed by atoms with van der Waals surface area (Å²) >= 11 is 4.12. The minimum atomic E-state index is -0.539. The van der Waals surface area contributed by atoms with Crippen molar-refractivity contribution < 1.29 is 28.7 Å². The Hall–Kier alpha value is -3.11. The molecule has 3 amide bonds. The van der Waals surface area contributed by atoms with Gasteiger partial charge in [-0.25, -0.2) is 4.79 Å². The number of esters is 1. The molecular formula is C23H21BrN2O6S. The summed E-state index contributed by atoms with van der Waals surface area (Å²) in [7, 11) is 1.27. The minimum Gasteiger partial charge on any atom is -0.481 e. The zero-order chi connectivity index (χ0) is 24.1. The predicted octanol–water partition coefficient (Wildman–Crippen LogP) is 4.29. The number of imide groups is 1. The van der Waals surface area contributed by atoms with Crippen LogP contribution in [-0.4, -0.2) is 48.2 Å². The van der Waals surface area contributed by atoms with Crippen LogP contribution in [0.4, 0.5) is 10.5 Å². The van der Waals surface area contributed by atoms with Crippen molar-refractivity contribution in [3.05, 3.63) is 62.5 Å². The number of hydrogen-bond acceptors (Lipinski definition) is 7. The molecule has 0 atom stereocenters. The standard InChI is InChI=1S/C23H21BrN2O6S/c1-13-5-4-6-17(14(13)2)25-20(27)11-26-22(29)19(33-23(26)30)10-15-7-8-18(16(24)9-15)32-12-21(28)31-3/h4-10H,11-12H2,1-3H3,(H,25,27)/b19-10+. The Bertz CT molecular complexity index is 1160. The maximum atomic E-state index is 12.7. The Morgan fingerprint density at radius 1 is 1.18 bits per heavy atom. The minimum absolute atomic E-state index is 0.203. The van der Waals surface area contributed by atoms with E-state index < -0.39 is 23.0 Å². The molecule has 1 N–H and O–H groups in total. The summed E-state index contributed by atoms with van der Waals surface area (Å²) in [6, 6.07) is 10.5. The second-order valence-corrected chi connectivity index (χ2v) is 8.97. The van der Waals surface area contributed by atoms with E-state index in [1.54, 1.807) is 30.3 Å². The van der Waals surface area contributed by atoms with E-state index in [9.17, 15) is 19.2 Å². The van der Waals surface area contributed by atoms with Crippen molar-refractivity contribution in [2.24, 2.45) is 0 Å². The molecule has 3 rings (SSSR count). The lowest BCUT2D eigenvalue weighted by Gasteiger charge is -2.14. The monoisotopic (exact) mass is 532 g/mol. The van der Waals surface area contributed by atoms with E-state index >= 15 is 0 Å². The number of aryl methyl sites for hydroxylation is 1. The molecule has 0 unspecified atom stereocenters. The molecule has 0 saturated carbocycles. The van der Waals surface area contributed by atoms with Gasteiger partial charge in [-0.2, -0.15) is 0 Å². The first kappa shape index (κ1) is 24.5. The zero-order valence-corrected chi connectivity index (χ0v) is 20.5. The molecule has 1 aliphatic heterocycles. The van der Waals surface area contributed by atoms with Crippen LogP contribution >= 0.6 is 27.7 Å². The third kappa shape index (κ3) is 6.02. The molecule has 33 heavy (non-hydrogen) atoms. The predicted molar refractivity (Wildman–Crippen MR) is 129 cm³/mol. The van der Waals surface area contributed by atoms with Crippen molar-refractivity contribution >= 4 is 62.5 Å². The van der Waals surface area contributed by atoms with Crippen LogP contribution in [0.5, 0.6) is 5.75 Å².